The summed E-state index contributed by atoms with van der Waals surface area (Å²) in [7, 11) is 0. The SMILES string of the molecule is O=C1CNCCN1c1cc(F)c(F)c(F)c1. The monoisotopic (exact) mass is 230 g/mol. The summed E-state index contributed by atoms with van der Waals surface area (Å²) in [6, 6.07) is 1.64. The lowest BCUT2D eigenvalue weighted by molar-refractivity contribution is -0.118. The van der Waals surface area contributed by atoms with E-state index in [2.05, 4.69) is 5.32 Å². The van der Waals surface area contributed by atoms with Gasteiger partial charge in [0.05, 0.1) is 6.54 Å². The summed E-state index contributed by atoms with van der Waals surface area (Å²) in [5.74, 6) is -4.40. The first kappa shape index (κ1) is 10.9. The molecule has 1 heterocycles. The lowest BCUT2D eigenvalue weighted by Gasteiger charge is -2.27. The first-order chi connectivity index (χ1) is 7.59. The van der Waals surface area contributed by atoms with Crippen LogP contribution in [0.1, 0.15) is 0 Å². The number of anilines is 1. The maximum absolute atomic E-state index is 13.0. The van der Waals surface area contributed by atoms with Crippen LogP contribution in [0.2, 0.25) is 0 Å². The molecule has 0 bridgehead atoms. The van der Waals surface area contributed by atoms with Crippen LogP contribution in [0.15, 0.2) is 12.1 Å². The van der Waals surface area contributed by atoms with Crippen molar-refractivity contribution in [1.29, 1.82) is 0 Å². The average molecular weight is 230 g/mol. The largest absolute Gasteiger partial charge is 0.310 e. The molecule has 0 atom stereocenters. The first-order valence-electron chi connectivity index (χ1n) is 4.75. The Morgan fingerprint density at radius 2 is 1.81 bits per heavy atom. The lowest BCUT2D eigenvalue weighted by Crippen LogP contribution is -2.48. The Bertz CT molecular complexity index is 413. The number of piperazine rings is 1. The summed E-state index contributed by atoms with van der Waals surface area (Å²) >= 11 is 0. The minimum atomic E-state index is -1.52. The van der Waals surface area contributed by atoms with Gasteiger partial charge in [-0.15, -0.1) is 0 Å². The number of amides is 1. The van der Waals surface area contributed by atoms with Gasteiger partial charge in [0.25, 0.3) is 0 Å². The summed E-state index contributed by atoms with van der Waals surface area (Å²) in [6.45, 7) is 0.955. The van der Waals surface area contributed by atoms with Gasteiger partial charge in [-0.1, -0.05) is 0 Å². The molecule has 1 aliphatic heterocycles. The molecule has 0 aromatic heterocycles. The van der Waals surface area contributed by atoms with Crippen molar-refractivity contribution in [2.45, 2.75) is 0 Å². The Hall–Kier alpha value is -1.56. The lowest BCUT2D eigenvalue weighted by atomic mass is 10.2. The quantitative estimate of drug-likeness (QED) is 0.731. The molecule has 1 N–H and O–H groups in total. The van der Waals surface area contributed by atoms with E-state index in [-0.39, 0.29) is 18.1 Å². The number of halogens is 3. The zero-order valence-electron chi connectivity index (χ0n) is 8.27. The van der Waals surface area contributed by atoms with Crippen molar-refractivity contribution >= 4 is 11.6 Å². The van der Waals surface area contributed by atoms with Crippen LogP contribution in [0, 0.1) is 17.5 Å². The highest BCUT2D eigenvalue weighted by molar-refractivity contribution is 5.95. The molecule has 2 rings (SSSR count). The second-order valence-corrected chi connectivity index (χ2v) is 3.45. The number of nitrogens with one attached hydrogen (secondary N) is 1. The molecule has 1 aromatic rings. The molecule has 86 valence electrons. The minimum absolute atomic E-state index is 0.0444. The molecule has 1 aromatic carbocycles. The average Bonchev–Trinajstić information content (AvgIpc) is 2.26. The predicted octanol–water partition coefficient (Wildman–Crippen LogP) is 1.04. The second-order valence-electron chi connectivity index (χ2n) is 3.45. The number of nitrogens with zero attached hydrogens (tertiary/aromatic N) is 1. The fourth-order valence-electron chi connectivity index (χ4n) is 1.58. The molecular weight excluding hydrogens is 221 g/mol. The van der Waals surface area contributed by atoms with Gasteiger partial charge in [-0.3, -0.25) is 4.79 Å². The van der Waals surface area contributed by atoms with Crippen molar-refractivity contribution in [2.24, 2.45) is 0 Å². The third kappa shape index (κ3) is 1.88. The van der Waals surface area contributed by atoms with E-state index in [1.165, 1.54) is 4.90 Å². The van der Waals surface area contributed by atoms with Crippen molar-refractivity contribution in [3.8, 4) is 0 Å². The zero-order chi connectivity index (χ0) is 11.7. The van der Waals surface area contributed by atoms with Gasteiger partial charge in [0.1, 0.15) is 0 Å². The summed E-state index contributed by atoms with van der Waals surface area (Å²) < 4.78 is 38.6. The van der Waals surface area contributed by atoms with Crippen LogP contribution in [-0.4, -0.2) is 25.5 Å². The molecule has 0 saturated carbocycles. The van der Waals surface area contributed by atoms with Gasteiger partial charge in [0.15, 0.2) is 17.5 Å². The zero-order valence-corrected chi connectivity index (χ0v) is 8.27. The smallest absolute Gasteiger partial charge is 0.240 e. The van der Waals surface area contributed by atoms with Gasteiger partial charge in [-0.05, 0) is 0 Å². The van der Waals surface area contributed by atoms with Gasteiger partial charge in [0.2, 0.25) is 5.91 Å². The molecule has 1 fully saturated rings. The Morgan fingerprint density at radius 1 is 1.19 bits per heavy atom. The highest BCUT2D eigenvalue weighted by Gasteiger charge is 2.22. The van der Waals surface area contributed by atoms with Crippen LogP contribution in [0.3, 0.4) is 0 Å². The number of hydrogen-bond acceptors (Lipinski definition) is 2. The molecule has 3 nitrogen and oxygen atoms in total. The standard InChI is InChI=1S/C10H9F3N2O/c11-7-3-6(4-8(12)10(7)13)15-2-1-14-5-9(15)16/h3-4,14H,1-2,5H2. The van der Waals surface area contributed by atoms with Gasteiger partial charge in [0, 0.05) is 30.9 Å². The molecule has 1 amide bonds. The van der Waals surface area contributed by atoms with Crippen LogP contribution in [0.4, 0.5) is 18.9 Å². The normalized spacial score (nSPS) is 16.7. The number of carbonyl (C=O) groups excluding carboxylic acids is 1. The molecule has 0 spiro atoms. The molecule has 6 heteroatoms. The van der Waals surface area contributed by atoms with Crippen LogP contribution in [0.5, 0.6) is 0 Å². The fourth-order valence-corrected chi connectivity index (χ4v) is 1.58. The predicted molar refractivity (Wildman–Crippen MR) is 51.5 cm³/mol. The van der Waals surface area contributed by atoms with E-state index in [4.69, 9.17) is 0 Å². The Balaban J connectivity index is 2.36. The summed E-state index contributed by atoms with van der Waals surface area (Å²) in [4.78, 5) is 12.7. The molecule has 1 aliphatic rings. The van der Waals surface area contributed by atoms with Crippen molar-refractivity contribution in [3.63, 3.8) is 0 Å². The van der Waals surface area contributed by atoms with E-state index < -0.39 is 17.5 Å². The number of hydrogen-bond donors (Lipinski definition) is 1. The minimum Gasteiger partial charge on any atom is -0.310 e. The highest BCUT2D eigenvalue weighted by atomic mass is 19.2. The second kappa shape index (κ2) is 4.13. The Kier molecular flexibility index (Phi) is 2.82. The Labute approximate surface area is 89.9 Å². The third-order valence-corrected chi connectivity index (χ3v) is 2.37. The number of rotatable bonds is 1. The molecule has 0 radical (unpaired) electrons. The van der Waals surface area contributed by atoms with Crippen LogP contribution in [0.25, 0.3) is 0 Å². The van der Waals surface area contributed by atoms with E-state index in [1.54, 1.807) is 0 Å². The van der Waals surface area contributed by atoms with Gasteiger partial charge in [-0.2, -0.15) is 0 Å². The summed E-state index contributed by atoms with van der Waals surface area (Å²) in [5, 5.41) is 2.82. The maximum atomic E-state index is 13.0. The van der Waals surface area contributed by atoms with Crippen molar-refractivity contribution < 1.29 is 18.0 Å². The summed E-state index contributed by atoms with van der Waals surface area (Å²) in [5.41, 5.74) is 0.0444. The van der Waals surface area contributed by atoms with Crippen molar-refractivity contribution in [1.82, 2.24) is 5.32 Å². The molecule has 0 unspecified atom stereocenters. The molecule has 0 aliphatic carbocycles. The van der Waals surface area contributed by atoms with Crippen LogP contribution >= 0.6 is 0 Å². The summed E-state index contributed by atoms with van der Waals surface area (Å²) in [6.07, 6.45) is 0. The van der Waals surface area contributed by atoms with E-state index >= 15 is 0 Å². The van der Waals surface area contributed by atoms with E-state index in [9.17, 15) is 18.0 Å². The van der Waals surface area contributed by atoms with Gasteiger partial charge >= 0.3 is 0 Å². The number of carbonyl (C=O) groups is 1. The number of benzene rings is 1. The van der Waals surface area contributed by atoms with Crippen LogP contribution < -0.4 is 10.2 Å². The van der Waals surface area contributed by atoms with Crippen molar-refractivity contribution in [3.05, 3.63) is 29.6 Å². The van der Waals surface area contributed by atoms with Crippen LogP contribution in [-0.2, 0) is 4.79 Å². The topological polar surface area (TPSA) is 32.3 Å². The molecule has 16 heavy (non-hydrogen) atoms. The Morgan fingerprint density at radius 3 is 2.38 bits per heavy atom. The maximum Gasteiger partial charge on any atom is 0.240 e. The van der Waals surface area contributed by atoms with E-state index in [1.807, 2.05) is 0 Å². The van der Waals surface area contributed by atoms with Gasteiger partial charge < -0.3 is 10.2 Å². The first-order valence-corrected chi connectivity index (χ1v) is 4.75. The van der Waals surface area contributed by atoms with Crippen molar-refractivity contribution in [2.75, 3.05) is 24.5 Å². The fraction of sp³-hybridized carbons (Fsp3) is 0.300. The van der Waals surface area contributed by atoms with Gasteiger partial charge in [-0.25, -0.2) is 13.2 Å². The van der Waals surface area contributed by atoms with E-state index in [0.29, 0.717) is 13.1 Å². The molecule has 1 saturated heterocycles. The molecular formula is C10H9F3N2O. The van der Waals surface area contributed by atoms with E-state index in [0.717, 1.165) is 12.1 Å². The third-order valence-electron chi connectivity index (χ3n) is 2.37. The highest BCUT2D eigenvalue weighted by Crippen LogP contribution is 2.21.